The molecule has 0 aliphatic heterocycles. The molecule has 0 spiro atoms. The molecule has 17 heavy (non-hydrogen) atoms. The first-order valence-electron chi connectivity index (χ1n) is 5.36. The zero-order valence-electron chi connectivity index (χ0n) is 10.2. The fourth-order valence-electron chi connectivity index (χ4n) is 1.41. The first-order valence-corrected chi connectivity index (χ1v) is 5.36. The molecule has 1 aromatic rings. The molecule has 1 aromatic carbocycles. The van der Waals surface area contributed by atoms with Crippen molar-refractivity contribution in [3.05, 3.63) is 30.4 Å². The molecule has 0 amide bonds. The molecule has 94 valence electrons. The Kier molecular flexibility index (Phi) is 5.36. The predicted octanol–water partition coefficient (Wildman–Crippen LogP) is 2.15. The molecule has 0 heterocycles. The third kappa shape index (κ3) is 3.39. The molecule has 0 unspecified atom stereocenters. The van der Waals surface area contributed by atoms with E-state index in [4.69, 9.17) is 19.3 Å². The second-order valence-corrected chi connectivity index (χ2v) is 3.41. The Morgan fingerprint density at radius 1 is 1.24 bits per heavy atom. The Morgan fingerprint density at radius 2 is 1.82 bits per heavy atom. The van der Waals surface area contributed by atoms with E-state index in [-0.39, 0.29) is 6.61 Å². The van der Waals surface area contributed by atoms with Crippen molar-refractivity contribution >= 4 is 0 Å². The molecule has 4 heteroatoms. The van der Waals surface area contributed by atoms with Crippen molar-refractivity contribution in [2.45, 2.75) is 13.0 Å². The Bertz CT molecular complexity index is 349. The van der Waals surface area contributed by atoms with E-state index in [2.05, 4.69) is 6.58 Å². The number of methoxy groups -OCH3 is 2. The van der Waals surface area contributed by atoms with Crippen LogP contribution >= 0.6 is 0 Å². The molecular formula is C13H18O4. The van der Waals surface area contributed by atoms with Gasteiger partial charge in [-0.15, -0.1) is 6.58 Å². The summed E-state index contributed by atoms with van der Waals surface area (Å²) in [5.74, 6) is 1.66. The molecule has 0 saturated carbocycles. The van der Waals surface area contributed by atoms with E-state index in [0.717, 1.165) is 12.0 Å². The van der Waals surface area contributed by atoms with Gasteiger partial charge in [0, 0.05) is 0 Å². The van der Waals surface area contributed by atoms with Crippen molar-refractivity contribution in [1.29, 1.82) is 0 Å². The summed E-state index contributed by atoms with van der Waals surface area (Å²) < 4.78 is 16.0. The molecule has 0 aliphatic rings. The van der Waals surface area contributed by atoms with Crippen molar-refractivity contribution in [2.75, 3.05) is 20.8 Å². The normalized spacial score (nSPS) is 9.82. The summed E-state index contributed by atoms with van der Waals surface area (Å²) in [4.78, 5) is 0. The molecule has 1 N–H and O–H groups in total. The van der Waals surface area contributed by atoms with Gasteiger partial charge in [-0.1, -0.05) is 6.08 Å². The smallest absolute Gasteiger partial charge is 0.203 e. The van der Waals surface area contributed by atoms with E-state index >= 15 is 0 Å². The van der Waals surface area contributed by atoms with Gasteiger partial charge in [0.2, 0.25) is 5.75 Å². The first-order chi connectivity index (χ1) is 8.26. The van der Waals surface area contributed by atoms with Crippen LogP contribution in [0.3, 0.4) is 0 Å². The number of ether oxygens (including phenoxy) is 3. The average Bonchev–Trinajstić information content (AvgIpc) is 2.38. The van der Waals surface area contributed by atoms with Crippen molar-refractivity contribution < 1.29 is 19.3 Å². The van der Waals surface area contributed by atoms with Crippen LogP contribution in [0, 0.1) is 0 Å². The van der Waals surface area contributed by atoms with E-state index in [1.807, 2.05) is 0 Å². The highest BCUT2D eigenvalue weighted by molar-refractivity contribution is 5.53. The van der Waals surface area contributed by atoms with Crippen LogP contribution in [0.1, 0.15) is 12.0 Å². The van der Waals surface area contributed by atoms with Crippen LogP contribution in [-0.4, -0.2) is 25.9 Å². The van der Waals surface area contributed by atoms with E-state index in [9.17, 15) is 0 Å². The third-order valence-corrected chi connectivity index (χ3v) is 2.27. The fraction of sp³-hybridized carbons (Fsp3) is 0.385. The predicted molar refractivity (Wildman–Crippen MR) is 65.8 cm³/mol. The molecular weight excluding hydrogens is 220 g/mol. The lowest BCUT2D eigenvalue weighted by Crippen LogP contribution is -2.01. The maximum Gasteiger partial charge on any atom is 0.203 e. The van der Waals surface area contributed by atoms with Crippen molar-refractivity contribution in [3.63, 3.8) is 0 Å². The number of hydrogen-bond acceptors (Lipinski definition) is 4. The van der Waals surface area contributed by atoms with Crippen LogP contribution in [0.5, 0.6) is 17.2 Å². The third-order valence-electron chi connectivity index (χ3n) is 2.27. The quantitative estimate of drug-likeness (QED) is 0.584. The van der Waals surface area contributed by atoms with Crippen molar-refractivity contribution in [1.82, 2.24) is 0 Å². The topological polar surface area (TPSA) is 47.9 Å². The summed E-state index contributed by atoms with van der Waals surface area (Å²) in [6.07, 6.45) is 2.52. The van der Waals surface area contributed by atoms with Gasteiger partial charge in [0.15, 0.2) is 11.5 Å². The van der Waals surface area contributed by atoms with Gasteiger partial charge in [-0.05, 0) is 24.1 Å². The standard InChI is InChI=1S/C13H18O4/c1-4-5-6-17-13-11(15-2)7-10(9-14)8-12(13)16-3/h4,7-8,14H,1,5-6,9H2,2-3H3. The summed E-state index contributed by atoms with van der Waals surface area (Å²) in [6.45, 7) is 4.07. The minimum Gasteiger partial charge on any atom is -0.493 e. The molecule has 0 aromatic heterocycles. The number of hydrogen-bond donors (Lipinski definition) is 1. The van der Waals surface area contributed by atoms with Gasteiger partial charge in [0.1, 0.15) is 0 Å². The van der Waals surface area contributed by atoms with Crippen molar-refractivity contribution in [2.24, 2.45) is 0 Å². The Hall–Kier alpha value is -1.68. The van der Waals surface area contributed by atoms with Gasteiger partial charge in [-0.3, -0.25) is 0 Å². The average molecular weight is 238 g/mol. The van der Waals surface area contributed by atoms with Gasteiger partial charge in [-0.2, -0.15) is 0 Å². The largest absolute Gasteiger partial charge is 0.493 e. The minimum absolute atomic E-state index is 0.0698. The first kappa shape index (κ1) is 13.4. The van der Waals surface area contributed by atoms with Gasteiger partial charge in [0.25, 0.3) is 0 Å². The Balaban J connectivity index is 3.01. The number of rotatable bonds is 7. The highest BCUT2D eigenvalue weighted by atomic mass is 16.5. The number of benzene rings is 1. The maximum atomic E-state index is 9.12. The van der Waals surface area contributed by atoms with E-state index in [1.54, 1.807) is 32.4 Å². The van der Waals surface area contributed by atoms with E-state index in [0.29, 0.717) is 23.9 Å². The van der Waals surface area contributed by atoms with Gasteiger partial charge in [0.05, 0.1) is 27.4 Å². The molecule has 0 atom stereocenters. The number of aliphatic hydroxyl groups excluding tert-OH is 1. The van der Waals surface area contributed by atoms with Crippen LogP contribution in [0.25, 0.3) is 0 Å². The summed E-state index contributed by atoms with van der Waals surface area (Å²) in [7, 11) is 3.10. The highest BCUT2D eigenvalue weighted by Gasteiger charge is 2.13. The zero-order chi connectivity index (χ0) is 12.7. The van der Waals surface area contributed by atoms with Gasteiger partial charge >= 0.3 is 0 Å². The van der Waals surface area contributed by atoms with Crippen LogP contribution in [0.15, 0.2) is 24.8 Å². The summed E-state index contributed by atoms with van der Waals surface area (Å²) in [6, 6.07) is 3.46. The lowest BCUT2D eigenvalue weighted by Gasteiger charge is -2.15. The molecule has 0 bridgehead atoms. The monoisotopic (exact) mass is 238 g/mol. The highest BCUT2D eigenvalue weighted by Crippen LogP contribution is 2.38. The summed E-state index contributed by atoms with van der Waals surface area (Å²) in [5.41, 5.74) is 0.717. The fourth-order valence-corrected chi connectivity index (χ4v) is 1.41. The summed E-state index contributed by atoms with van der Waals surface area (Å²) >= 11 is 0. The zero-order valence-corrected chi connectivity index (χ0v) is 10.2. The van der Waals surface area contributed by atoms with Gasteiger partial charge < -0.3 is 19.3 Å². The lowest BCUT2D eigenvalue weighted by atomic mass is 10.2. The van der Waals surface area contributed by atoms with Crippen LogP contribution < -0.4 is 14.2 Å². The lowest BCUT2D eigenvalue weighted by molar-refractivity contribution is 0.268. The second kappa shape index (κ2) is 6.81. The van der Waals surface area contributed by atoms with Crippen molar-refractivity contribution in [3.8, 4) is 17.2 Å². The molecule has 0 fully saturated rings. The summed E-state index contributed by atoms with van der Waals surface area (Å²) in [5, 5.41) is 9.12. The molecule has 0 saturated heterocycles. The molecule has 0 aliphatic carbocycles. The van der Waals surface area contributed by atoms with Gasteiger partial charge in [-0.25, -0.2) is 0 Å². The number of aliphatic hydroxyl groups is 1. The maximum absolute atomic E-state index is 9.12. The Labute approximate surface area is 101 Å². The van der Waals surface area contributed by atoms with E-state index < -0.39 is 0 Å². The Morgan fingerprint density at radius 3 is 2.24 bits per heavy atom. The van der Waals surface area contributed by atoms with E-state index in [1.165, 1.54) is 0 Å². The molecule has 4 nitrogen and oxygen atoms in total. The SMILES string of the molecule is C=CCCOc1c(OC)cc(CO)cc1OC. The molecule has 1 rings (SSSR count). The van der Waals surface area contributed by atoms with Crippen LogP contribution in [0.2, 0.25) is 0 Å². The van der Waals surface area contributed by atoms with Crippen LogP contribution in [-0.2, 0) is 6.61 Å². The molecule has 0 radical (unpaired) electrons. The second-order valence-electron chi connectivity index (χ2n) is 3.41. The minimum atomic E-state index is -0.0698. The van der Waals surface area contributed by atoms with Crippen LogP contribution in [0.4, 0.5) is 0 Å².